The summed E-state index contributed by atoms with van der Waals surface area (Å²) in [5.41, 5.74) is 2.20. The second-order valence-corrected chi connectivity index (χ2v) is 14.3. The van der Waals surface area contributed by atoms with Gasteiger partial charge in [0.25, 0.3) is 0 Å². The van der Waals surface area contributed by atoms with Gasteiger partial charge in [0.15, 0.2) is 0 Å². The Morgan fingerprint density at radius 2 is 1.78 bits per heavy atom. The van der Waals surface area contributed by atoms with E-state index in [1.54, 1.807) is 21.1 Å². The van der Waals surface area contributed by atoms with Crippen LogP contribution in [-0.2, 0) is 29.1 Å². The predicted octanol–water partition coefficient (Wildman–Crippen LogP) is 4.98. The monoisotopic (exact) mass is 635 g/mol. The Balaban J connectivity index is 1.19. The fourth-order valence-corrected chi connectivity index (χ4v) is 8.27. The summed E-state index contributed by atoms with van der Waals surface area (Å²) < 4.78 is 5.94. The normalized spacial score (nSPS) is 22.0. The van der Waals surface area contributed by atoms with Gasteiger partial charge in [0.2, 0.25) is 11.8 Å². The van der Waals surface area contributed by atoms with Gasteiger partial charge in [0, 0.05) is 36.1 Å². The lowest BCUT2D eigenvalue weighted by molar-refractivity contribution is -0.145. The summed E-state index contributed by atoms with van der Waals surface area (Å²) in [7, 11) is 0. The van der Waals surface area contributed by atoms with Crippen LogP contribution < -0.4 is 20.7 Å². The van der Waals surface area contributed by atoms with E-state index in [1.807, 2.05) is 29.6 Å². The van der Waals surface area contributed by atoms with Crippen molar-refractivity contribution in [2.45, 2.75) is 108 Å². The smallest absolute Gasteiger partial charge is 0.410 e. The van der Waals surface area contributed by atoms with Gasteiger partial charge < -0.3 is 30.5 Å². The van der Waals surface area contributed by atoms with Gasteiger partial charge in [-0.15, -0.1) is 11.3 Å². The molecule has 0 unspecified atom stereocenters. The number of nitrogens with zero attached hydrogens (tertiary/aromatic N) is 2. The van der Waals surface area contributed by atoms with Gasteiger partial charge in [0.1, 0.15) is 11.8 Å². The quantitative estimate of drug-likeness (QED) is 0.359. The van der Waals surface area contributed by atoms with Crippen LogP contribution in [0.25, 0.3) is 0 Å². The molecule has 9 nitrogen and oxygen atoms in total. The number of rotatable bonds is 9. The molecule has 244 valence electrons. The summed E-state index contributed by atoms with van der Waals surface area (Å²) >= 11 is 1.59. The number of amides is 3. The highest BCUT2D eigenvalue weighted by atomic mass is 32.1. The third-order valence-electron chi connectivity index (χ3n) is 10.2. The fraction of sp³-hybridized carbons (Fsp3) is 0.629. The zero-order valence-corrected chi connectivity index (χ0v) is 27.3. The maximum absolute atomic E-state index is 14.5. The average molecular weight is 636 g/mol. The molecule has 45 heavy (non-hydrogen) atoms. The number of fused-ring (bicyclic) bond motifs is 1. The van der Waals surface area contributed by atoms with Crippen molar-refractivity contribution in [1.82, 2.24) is 25.8 Å². The molecule has 4 aliphatic rings. The summed E-state index contributed by atoms with van der Waals surface area (Å²) in [6, 6.07) is 9.03. The van der Waals surface area contributed by atoms with E-state index in [4.69, 9.17) is 4.74 Å². The van der Waals surface area contributed by atoms with E-state index < -0.39 is 12.1 Å². The minimum absolute atomic E-state index is 0.00126. The van der Waals surface area contributed by atoms with E-state index in [0.29, 0.717) is 43.9 Å². The van der Waals surface area contributed by atoms with Gasteiger partial charge in [-0.2, -0.15) is 0 Å². The lowest BCUT2D eigenvalue weighted by Gasteiger charge is -2.42. The molecule has 3 amide bonds. The molecule has 3 N–H and O–H groups in total. The third-order valence-corrected chi connectivity index (χ3v) is 11.1. The first-order valence-corrected chi connectivity index (χ1v) is 18.1. The molecule has 2 saturated carbocycles. The molecule has 3 heterocycles. The number of thiophene rings is 1. The number of hydrogen-bond donors (Lipinski definition) is 3. The molecular weight excluding hydrogens is 586 g/mol. The molecular formula is C35H49N5O4S. The number of nitrogens with one attached hydrogen (secondary N) is 3. The highest BCUT2D eigenvalue weighted by Crippen LogP contribution is 2.30. The first-order valence-electron chi connectivity index (χ1n) is 17.2. The molecule has 10 heteroatoms. The molecule has 2 aliphatic carbocycles. The molecule has 1 saturated heterocycles. The Labute approximate surface area is 271 Å². The summed E-state index contributed by atoms with van der Waals surface area (Å²) in [5.74, 6) is 0.854. The minimum atomic E-state index is -0.785. The molecule has 0 bridgehead atoms. The van der Waals surface area contributed by atoms with E-state index >= 15 is 0 Å². The van der Waals surface area contributed by atoms with Crippen molar-refractivity contribution >= 4 is 29.2 Å². The van der Waals surface area contributed by atoms with Crippen molar-refractivity contribution < 1.29 is 19.1 Å². The number of piperazine rings is 1. The van der Waals surface area contributed by atoms with Crippen LogP contribution in [0, 0.1) is 5.92 Å². The minimum Gasteiger partial charge on any atom is -0.410 e. The molecule has 1 aromatic heterocycles. The van der Waals surface area contributed by atoms with Crippen LogP contribution in [0.2, 0.25) is 0 Å². The SMILES string of the molecule is O=C(NCc1cccs1)[C@@H]1CN(C(=O)Oc2cccc3c2CNCC3)CCN1C(=O)[C@@H](CC1CCCCC1)NC1CCCCC1. The number of hydrogen-bond acceptors (Lipinski definition) is 7. The van der Waals surface area contributed by atoms with Crippen LogP contribution in [0.5, 0.6) is 5.75 Å². The molecule has 0 radical (unpaired) electrons. The van der Waals surface area contributed by atoms with Crippen molar-refractivity contribution in [3.8, 4) is 5.75 Å². The Kier molecular flexibility index (Phi) is 11.1. The zero-order chi connectivity index (χ0) is 31.0. The summed E-state index contributed by atoms with van der Waals surface area (Å²) in [5, 5.41) is 12.2. The standard InChI is InChI=1S/C35H49N5O4S/c41-33(37-22-28-14-8-20-45-28)31-24-39(35(43)44-32-15-7-11-26-16-17-36-23-29(26)32)18-19-40(31)34(42)30(21-25-9-3-1-4-10-25)38-27-12-5-2-6-13-27/h7-8,11,14-15,20,25,27,30-31,36,38H,1-6,9-10,12-13,16-19,21-24H2,(H,37,41)/t30-,31+/m1/s1. The van der Waals surface area contributed by atoms with Gasteiger partial charge in [-0.05, 0) is 61.2 Å². The number of ether oxygens (including phenoxy) is 1. The van der Waals surface area contributed by atoms with E-state index in [-0.39, 0.29) is 24.4 Å². The second-order valence-electron chi connectivity index (χ2n) is 13.3. The van der Waals surface area contributed by atoms with Crippen molar-refractivity contribution in [2.75, 3.05) is 26.2 Å². The van der Waals surface area contributed by atoms with Crippen molar-refractivity contribution in [2.24, 2.45) is 5.92 Å². The third kappa shape index (κ3) is 8.26. The van der Waals surface area contributed by atoms with Crippen molar-refractivity contribution in [1.29, 1.82) is 0 Å². The first-order chi connectivity index (χ1) is 22.0. The predicted molar refractivity (Wildman–Crippen MR) is 176 cm³/mol. The molecule has 6 rings (SSSR count). The van der Waals surface area contributed by atoms with Gasteiger partial charge in [0.05, 0.1) is 19.1 Å². The lowest BCUT2D eigenvalue weighted by atomic mass is 9.83. The van der Waals surface area contributed by atoms with Crippen LogP contribution in [-0.4, -0.2) is 72.0 Å². The Bertz CT molecular complexity index is 1270. The van der Waals surface area contributed by atoms with Crippen molar-refractivity contribution in [3.63, 3.8) is 0 Å². The Hall–Kier alpha value is -2.95. The Morgan fingerprint density at radius 3 is 2.56 bits per heavy atom. The molecule has 2 atom stereocenters. The van der Waals surface area contributed by atoms with E-state index in [0.717, 1.165) is 42.7 Å². The molecule has 3 fully saturated rings. The number of benzene rings is 1. The summed E-state index contributed by atoms with van der Waals surface area (Å²) in [6.07, 6.45) is 13.1. The molecule has 0 spiro atoms. The van der Waals surface area contributed by atoms with Crippen LogP contribution in [0.15, 0.2) is 35.7 Å². The largest absolute Gasteiger partial charge is 0.415 e. The second kappa shape index (κ2) is 15.6. The molecule has 1 aromatic carbocycles. The number of carbonyl (C=O) groups is 3. The van der Waals surface area contributed by atoms with Gasteiger partial charge >= 0.3 is 6.09 Å². The average Bonchev–Trinajstić information content (AvgIpc) is 3.61. The van der Waals surface area contributed by atoms with E-state index in [9.17, 15) is 14.4 Å². The highest BCUT2D eigenvalue weighted by molar-refractivity contribution is 7.09. The topological polar surface area (TPSA) is 103 Å². The van der Waals surface area contributed by atoms with Crippen LogP contribution >= 0.6 is 11.3 Å². The van der Waals surface area contributed by atoms with Crippen LogP contribution in [0.1, 0.15) is 86.6 Å². The fourth-order valence-electron chi connectivity index (χ4n) is 7.63. The first kappa shape index (κ1) is 32.0. The van der Waals surface area contributed by atoms with E-state index in [1.165, 1.54) is 56.9 Å². The van der Waals surface area contributed by atoms with E-state index in [2.05, 4.69) is 22.0 Å². The van der Waals surface area contributed by atoms with Crippen molar-refractivity contribution in [3.05, 3.63) is 51.7 Å². The van der Waals surface area contributed by atoms with Gasteiger partial charge in [-0.1, -0.05) is 69.6 Å². The van der Waals surface area contributed by atoms with Crippen LogP contribution in [0.4, 0.5) is 4.79 Å². The maximum atomic E-state index is 14.5. The number of carbonyl (C=O) groups excluding carboxylic acids is 3. The Morgan fingerprint density at radius 1 is 0.978 bits per heavy atom. The van der Waals surface area contributed by atoms with Gasteiger partial charge in [-0.3, -0.25) is 9.59 Å². The highest BCUT2D eigenvalue weighted by Gasteiger charge is 2.41. The maximum Gasteiger partial charge on any atom is 0.415 e. The summed E-state index contributed by atoms with van der Waals surface area (Å²) in [4.78, 5) is 46.2. The molecule has 2 aromatic rings. The summed E-state index contributed by atoms with van der Waals surface area (Å²) in [6.45, 7) is 2.69. The van der Waals surface area contributed by atoms with Crippen LogP contribution in [0.3, 0.4) is 0 Å². The zero-order valence-electron chi connectivity index (χ0n) is 26.4. The van der Waals surface area contributed by atoms with Gasteiger partial charge in [-0.25, -0.2) is 4.79 Å². The molecule has 2 aliphatic heterocycles. The lowest BCUT2D eigenvalue weighted by Crippen LogP contribution is -2.64.